The summed E-state index contributed by atoms with van der Waals surface area (Å²) in [5.41, 5.74) is 2.83. The lowest BCUT2D eigenvalue weighted by atomic mass is 9.95. The van der Waals surface area contributed by atoms with Gasteiger partial charge >= 0.3 is 6.09 Å². The zero-order chi connectivity index (χ0) is 21.7. The lowest BCUT2D eigenvalue weighted by Crippen LogP contribution is -2.50. The third-order valence-electron chi connectivity index (χ3n) is 5.92. The molecule has 1 aromatic rings. The molecule has 1 unspecified atom stereocenters. The number of rotatable bonds is 4. The fourth-order valence-electron chi connectivity index (χ4n) is 4.40. The summed E-state index contributed by atoms with van der Waals surface area (Å²) in [5.74, 6) is -0.166. The smallest absolute Gasteiger partial charge is 0.409 e. The molecule has 3 amide bonds. The monoisotopic (exact) mass is 415 g/mol. The fraction of sp³-hybridized carbons (Fsp3) is 0.609. The van der Waals surface area contributed by atoms with E-state index in [0.717, 1.165) is 36.8 Å². The average molecular weight is 416 g/mol. The molecule has 2 aliphatic rings. The molecule has 1 aromatic carbocycles. The van der Waals surface area contributed by atoms with Crippen LogP contribution in [0.25, 0.3) is 0 Å². The standard InChI is InChI=1S/C23H33N3O4/c1-4-30-23(29)25-10-7-20(8-11-25)24-21(27)18-6-5-9-26(15-18)22(28)19-13-16(2)12-17(3)14-19/h12-14,18,20H,4-11,15H2,1-3H3,(H,24,27). The van der Waals surface area contributed by atoms with Crippen LogP contribution in [0.2, 0.25) is 0 Å². The van der Waals surface area contributed by atoms with Gasteiger partial charge < -0.3 is 19.9 Å². The summed E-state index contributed by atoms with van der Waals surface area (Å²) in [7, 11) is 0. The van der Waals surface area contributed by atoms with Crippen LogP contribution < -0.4 is 5.32 Å². The quantitative estimate of drug-likeness (QED) is 0.820. The third-order valence-corrected chi connectivity index (χ3v) is 5.92. The SMILES string of the molecule is CCOC(=O)N1CCC(NC(=O)C2CCCN(C(=O)c3cc(C)cc(C)c3)C2)CC1. The zero-order valence-corrected chi connectivity index (χ0v) is 18.3. The number of hydrogen-bond acceptors (Lipinski definition) is 4. The Labute approximate surface area is 178 Å². The summed E-state index contributed by atoms with van der Waals surface area (Å²) in [4.78, 5) is 41.1. The minimum Gasteiger partial charge on any atom is -0.450 e. The van der Waals surface area contributed by atoms with Crippen molar-refractivity contribution >= 4 is 17.9 Å². The van der Waals surface area contributed by atoms with Crippen LogP contribution in [0.1, 0.15) is 54.1 Å². The number of hydrogen-bond donors (Lipinski definition) is 1. The first-order chi connectivity index (χ1) is 14.4. The van der Waals surface area contributed by atoms with Gasteiger partial charge in [0, 0.05) is 37.8 Å². The molecular formula is C23H33N3O4. The summed E-state index contributed by atoms with van der Waals surface area (Å²) in [6.45, 7) is 8.47. The average Bonchev–Trinajstić information content (AvgIpc) is 2.73. The minimum atomic E-state index is -0.282. The Bertz CT molecular complexity index is 766. The van der Waals surface area contributed by atoms with E-state index in [0.29, 0.717) is 38.3 Å². The van der Waals surface area contributed by atoms with Gasteiger partial charge in [0.1, 0.15) is 0 Å². The van der Waals surface area contributed by atoms with Crippen molar-refractivity contribution < 1.29 is 19.1 Å². The van der Waals surface area contributed by atoms with Crippen LogP contribution in [0.4, 0.5) is 4.79 Å². The molecule has 0 bridgehead atoms. The third kappa shape index (κ3) is 5.52. The van der Waals surface area contributed by atoms with E-state index in [1.54, 1.807) is 11.8 Å². The van der Waals surface area contributed by atoms with Crippen molar-refractivity contribution in [2.24, 2.45) is 5.92 Å². The zero-order valence-electron chi connectivity index (χ0n) is 18.3. The summed E-state index contributed by atoms with van der Waals surface area (Å²) in [5, 5.41) is 3.14. The molecule has 0 saturated carbocycles. The topological polar surface area (TPSA) is 79.0 Å². The molecule has 2 aliphatic heterocycles. The second-order valence-electron chi connectivity index (χ2n) is 8.44. The minimum absolute atomic E-state index is 0.00189. The molecule has 7 nitrogen and oxygen atoms in total. The predicted octanol–water partition coefficient (Wildman–Crippen LogP) is 2.89. The number of nitrogens with one attached hydrogen (secondary N) is 1. The van der Waals surface area contributed by atoms with Crippen LogP contribution in [-0.4, -0.2) is 66.5 Å². The summed E-state index contributed by atoms with van der Waals surface area (Å²) >= 11 is 0. The maximum absolute atomic E-state index is 13.0. The van der Waals surface area contributed by atoms with E-state index in [9.17, 15) is 14.4 Å². The van der Waals surface area contributed by atoms with E-state index in [4.69, 9.17) is 4.74 Å². The van der Waals surface area contributed by atoms with Crippen LogP contribution in [-0.2, 0) is 9.53 Å². The largest absolute Gasteiger partial charge is 0.450 e. The molecule has 0 spiro atoms. The molecule has 164 valence electrons. The molecule has 0 radical (unpaired) electrons. The van der Waals surface area contributed by atoms with Crippen LogP contribution in [0.5, 0.6) is 0 Å². The van der Waals surface area contributed by atoms with Gasteiger partial charge in [-0.3, -0.25) is 9.59 Å². The highest BCUT2D eigenvalue weighted by atomic mass is 16.6. The van der Waals surface area contributed by atoms with Gasteiger partial charge in [-0.1, -0.05) is 17.2 Å². The molecule has 0 aliphatic carbocycles. The first-order valence-corrected chi connectivity index (χ1v) is 11.0. The van der Waals surface area contributed by atoms with Crippen molar-refractivity contribution in [1.29, 1.82) is 0 Å². The second kappa shape index (κ2) is 9.96. The highest BCUT2D eigenvalue weighted by molar-refractivity contribution is 5.95. The van der Waals surface area contributed by atoms with Crippen molar-refractivity contribution in [1.82, 2.24) is 15.1 Å². The predicted molar refractivity (Wildman–Crippen MR) is 114 cm³/mol. The van der Waals surface area contributed by atoms with Gasteiger partial charge in [0.15, 0.2) is 0 Å². The van der Waals surface area contributed by atoms with Crippen LogP contribution in [0.3, 0.4) is 0 Å². The van der Waals surface area contributed by atoms with E-state index in [2.05, 4.69) is 11.4 Å². The molecule has 7 heteroatoms. The normalized spacial score (nSPS) is 20.0. The van der Waals surface area contributed by atoms with Gasteiger partial charge in [-0.15, -0.1) is 0 Å². The van der Waals surface area contributed by atoms with Gasteiger partial charge in [0.05, 0.1) is 12.5 Å². The van der Waals surface area contributed by atoms with Gasteiger partial charge in [-0.25, -0.2) is 4.79 Å². The van der Waals surface area contributed by atoms with E-state index < -0.39 is 0 Å². The van der Waals surface area contributed by atoms with Crippen LogP contribution >= 0.6 is 0 Å². The first-order valence-electron chi connectivity index (χ1n) is 11.0. The molecule has 2 saturated heterocycles. The van der Waals surface area contributed by atoms with Crippen LogP contribution in [0, 0.1) is 19.8 Å². The molecule has 2 fully saturated rings. The Balaban J connectivity index is 1.52. The number of benzene rings is 1. The molecule has 1 N–H and O–H groups in total. The molecule has 0 aromatic heterocycles. The van der Waals surface area contributed by atoms with Gasteiger partial charge in [0.25, 0.3) is 5.91 Å². The number of ether oxygens (including phenoxy) is 1. The second-order valence-corrected chi connectivity index (χ2v) is 8.44. The fourth-order valence-corrected chi connectivity index (χ4v) is 4.40. The number of carbonyl (C=O) groups is 3. The Morgan fingerprint density at radius 1 is 1.00 bits per heavy atom. The van der Waals surface area contributed by atoms with Crippen molar-refractivity contribution in [2.75, 3.05) is 32.8 Å². The summed E-state index contributed by atoms with van der Waals surface area (Å²) in [6.07, 6.45) is 2.79. The molecule has 2 heterocycles. The highest BCUT2D eigenvalue weighted by Gasteiger charge is 2.31. The number of nitrogens with zero attached hydrogens (tertiary/aromatic N) is 2. The Morgan fingerprint density at radius 3 is 2.30 bits per heavy atom. The Morgan fingerprint density at radius 2 is 1.67 bits per heavy atom. The number of likely N-dealkylation sites (tertiary alicyclic amines) is 2. The van der Waals surface area contributed by atoms with Crippen molar-refractivity contribution in [3.8, 4) is 0 Å². The van der Waals surface area contributed by atoms with Crippen molar-refractivity contribution in [2.45, 2.75) is 52.5 Å². The highest BCUT2D eigenvalue weighted by Crippen LogP contribution is 2.21. The maximum Gasteiger partial charge on any atom is 0.409 e. The van der Waals surface area contributed by atoms with E-state index in [-0.39, 0.29) is 29.9 Å². The molecular weight excluding hydrogens is 382 g/mol. The Kier molecular flexibility index (Phi) is 7.34. The van der Waals surface area contributed by atoms with Gasteiger partial charge in [-0.2, -0.15) is 0 Å². The Hall–Kier alpha value is -2.57. The molecule has 30 heavy (non-hydrogen) atoms. The van der Waals surface area contributed by atoms with Crippen molar-refractivity contribution in [3.05, 3.63) is 34.9 Å². The lowest BCUT2D eigenvalue weighted by Gasteiger charge is -2.35. The van der Waals surface area contributed by atoms with Gasteiger partial charge in [0.2, 0.25) is 5.91 Å². The maximum atomic E-state index is 13.0. The number of piperidine rings is 2. The number of carbonyl (C=O) groups excluding carboxylic acids is 3. The van der Waals surface area contributed by atoms with Crippen LogP contribution in [0.15, 0.2) is 18.2 Å². The van der Waals surface area contributed by atoms with E-state index >= 15 is 0 Å². The first kappa shape index (κ1) is 22.1. The summed E-state index contributed by atoms with van der Waals surface area (Å²) in [6, 6.07) is 5.94. The molecule has 3 rings (SSSR count). The molecule has 1 atom stereocenters. The van der Waals surface area contributed by atoms with E-state index in [1.165, 1.54) is 0 Å². The van der Waals surface area contributed by atoms with E-state index in [1.807, 2.05) is 30.9 Å². The lowest BCUT2D eigenvalue weighted by molar-refractivity contribution is -0.127. The number of amides is 3. The van der Waals surface area contributed by atoms with Gasteiger partial charge in [-0.05, 0) is 58.6 Å². The number of aryl methyl sites for hydroxylation is 2. The van der Waals surface area contributed by atoms with Crippen molar-refractivity contribution in [3.63, 3.8) is 0 Å². The summed E-state index contributed by atoms with van der Waals surface area (Å²) < 4.78 is 5.04.